The van der Waals surface area contributed by atoms with Crippen molar-refractivity contribution in [3.05, 3.63) is 58.4 Å². The first kappa shape index (κ1) is 17.5. The normalized spacial score (nSPS) is 12.3. The summed E-state index contributed by atoms with van der Waals surface area (Å²) in [4.78, 5) is 12.4. The van der Waals surface area contributed by atoms with E-state index in [-0.39, 0.29) is 6.79 Å². The van der Waals surface area contributed by atoms with Gasteiger partial charge in [0.15, 0.2) is 16.5 Å². The maximum Gasteiger partial charge on any atom is 0.346 e. The fourth-order valence-corrected chi connectivity index (χ4v) is 3.75. The summed E-state index contributed by atoms with van der Waals surface area (Å²) in [6.07, 6.45) is 0. The molecule has 0 radical (unpaired) electrons. The lowest BCUT2D eigenvalue weighted by Crippen LogP contribution is -2.02. The highest BCUT2D eigenvalue weighted by Gasteiger charge is 2.15. The Morgan fingerprint density at radius 3 is 2.90 bits per heavy atom. The van der Waals surface area contributed by atoms with E-state index < -0.39 is 5.63 Å². The monoisotopic (exact) mass is 409 g/mol. The van der Waals surface area contributed by atoms with Crippen molar-refractivity contribution in [3.63, 3.8) is 0 Å². The summed E-state index contributed by atoms with van der Waals surface area (Å²) in [5.41, 5.74) is 1.41. The molecule has 1 N–H and O–H groups in total. The lowest BCUT2D eigenvalue weighted by atomic mass is 10.2. The molecule has 0 saturated carbocycles. The molecule has 1 aliphatic rings. The molecule has 0 spiro atoms. The fraction of sp³-hybridized carbons (Fsp3) is 0.150. The molecule has 4 aromatic rings. The summed E-state index contributed by atoms with van der Waals surface area (Å²) < 4.78 is 21.3. The van der Waals surface area contributed by atoms with Crippen LogP contribution in [0, 0.1) is 0 Å². The summed E-state index contributed by atoms with van der Waals surface area (Å²) in [6.45, 7) is 0.779. The average Bonchev–Trinajstić information content (AvgIpc) is 3.40. The zero-order chi connectivity index (χ0) is 19.8. The third kappa shape index (κ3) is 3.36. The maximum absolute atomic E-state index is 12.4. The molecule has 8 nitrogen and oxygen atoms in total. The lowest BCUT2D eigenvalue weighted by molar-refractivity contribution is 0.174. The van der Waals surface area contributed by atoms with Gasteiger partial charge < -0.3 is 23.9 Å². The predicted octanol–water partition coefficient (Wildman–Crippen LogP) is 3.66. The van der Waals surface area contributed by atoms with Crippen molar-refractivity contribution in [2.45, 2.75) is 6.54 Å². The lowest BCUT2D eigenvalue weighted by Gasteiger charge is -2.03. The number of hydrogen-bond donors (Lipinski definition) is 1. The highest BCUT2D eigenvalue weighted by molar-refractivity contribution is 7.18. The van der Waals surface area contributed by atoms with E-state index in [1.54, 1.807) is 25.3 Å². The molecule has 5 rings (SSSR count). The molecule has 0 fully saturated rings. The van der Waals surface area contributed by atoms with Crippen LogP contribution in [0.3, 0.4) is 0 Å². The van der Waals surface area contributed by atoms with Gasteiger partial charge in [0.1, 0.15) is 11.3 Å². The number of methoxy groups -OCH3 is 1. The molecule has 29 heavy (non-hydrogen) atoms. The van der Waals surface area contributed by atoms with Crippen molar-refractivity contribution in [1.29, 1.82) is 0 Å². The van der Waals surface area contributed by atoms with Crippen molar-refractivity contribution < 1.29 is 18.6 Å². The zero-order valence-corrected chi connectivity index (χ0v) is 16.1. The van der Waals surface area contributed by atoms with Crippen LogP contribution in [0.4, 0.5) is 5.13 Å². The number of benzene rings is 2. The molecule has 146 valence electrons. The number of nitrogens with one attached hydrogen (secondary N) is 1. The molecule has 0 amide bonds. The van der Waals surface area contributed by atoms with E-state index >= 15 is 0 Å². The van der Waals surface area contributed by atoms with E-state index in [1.165, 1.54) is 11.3 Å². The smallest absolute Gasteiger partial charge is 0.346 e. The van der Waals surface area contributed by atoms with Crippen LogP contribution < -0.4 is 25.2 Å². The van der Waals surface area contributed by atoms with E-state index in [0.29, 0.717) is 33.6 Å². The van der Waals surface area contributed by atoms with Gasteiger partial charge in [0.05, 0.1) is 12.7 Å². The second-order valence-corrected chi connectivity index (χ2v) is 7.28. The summed E-state index contributed by atoms with van der Waals surface area (Å²) in [6, 6.07) is 12.7. The van der Waals surface area contributed by atoms with Gasteiger partial charge in [0, 0.05) is 11.9 Å². The number of anilines is 1. The summed E-state index contributed by atoms with van der Waals surface area (Å²) in [5.74, 6) is 2.15. The van der Waals surface area contributed by atoms with Crippen molar-refractivity contribution in [2.75, 3.05) is 19.2 Å². The Kier molecular flexibility index (Phi) is 4.28. The van der Waals surface area contributed by atoms with Crippen LogP contribution in [0.2, 0.25) is 0 Å². The van der Waals surface area contributed by atoms with E-state index in [9.17, 15) is 4.79 Å². The molecule has 0 bridgehead atoms. The molecule has 2 aromatic carbocycles. The molecule has 1 aliphatic heterocycles. The molecule has 0 atom stereocenters. The van der Waals surface area contributed by atoms with Gasteiger partial charge in [0.25, 0.3) is 0 Å². The minimum absolute atomic E-state index is 0.242. The van der Waals surface area contributed by atoms with Crippen molar-refractivity contribution in [1.82, 2.24) is 10.2 Å². The Morgan fingerprint density at radius 2 is 2.00 bits per heavy atom. The Hall–Kier alpha value is -3.59. The zero-order valence-electron chi connectivity index (χ0n) is 15.3. The van der Waals surface area contributed by atoms with Crippen molar-refractivity contribution in [2.24, 2.45) is 0 Å². The second-order valence-electron chi connectivity index (χ2n) is 6.30. The topological polar surface area (TPSA) is 95.7 Å². The average molecular weight is 409 g/mol. The highest BCUT2D eigenvalue weighted by Crippen LogP contribution is 2.33. The first-order valence-electron chi connectivity index (χ1n) is 8.78. The maximum atomic E-state index is 12.4. The third-order valence-corrected chi connectivity index (χ3v) is 5.39. The van der Waals surface area contributed by atoms with Gasteiger partial charge in [-0.25, -0.2) is 4.79 Å². The molecule has 0 unspecified atom stereocenters. The van der Waals surface area contributed by atoms with Gasteiger partial charge in [-0.05, 0) is 42.0 Å². The summed E-state index contributed by atoms with van der Waals surface area (Å²) in [7, 11) is 1.59. The van der Waals surface area contributed by atoms with Gasteiger partial charge >= 0.3 is 5.63 Å². The Morgan fingerprint density at radius 1 is 1.10 bits per heavy atom. The third-order valence-electron chi connectivity index (χ3n) is 4.48. The van der Waals surface area contributed by atoms with Crippen LogP contribution in [0.5, 0.6) is 17.2 Å². The van der Waals surface area contributed by atoms with Crippen LogP contribution in [-0.4, -0.2) is 24.1 Å². The van der Waals surface area contributed by atoms with E-state index in [2.05, 4.69) is 15.5 Å². The van der Waals surface area contributed by atoms with E-state index in [1.807, 2.05) is 24.3 Å². The number of nitrogens with zero attached hydrogens (tertiary/aromatic N) is 2. The van der Waals surface area contributed by atoms with Gasteiger partial charge in [-0.1, -0.05) is 17.4 Å². The Labute approximate surface area is 168 Å². The Balaban J connectivity index is 1.38. The Bertz CT molecular complexity index is 1270. The molecule has 0 saturated heterocycles. The van der Waals surface area contributed by atoms with Crippen molar-refractivity contribution >= 4 is 27.4 Å². The highest BCUT2D eigenvalue weighted by atomic mass is 32.1. The van der Waals surface area contributed by atoms with Crippen LogP contribution in [0.15, 0.2) is 51.7 Å². The van der Waals surface area contributed by atoms with Crippen LogP contribution >= 0.6 is 11.3 Å². The van der Waals surface area contributed by atoms with Gasteiger partial charge in [-0.3, -0.25) is 0 Å². The number of fused-ring (bicyclic) bond motifs is 2. The number of ether oxygens (including phenoxy) is 3. The fourth-order valence-electron chi connectivity index (χ4n) is 3.01. The van der Waals surface area contributed by atoms with Crippen LogP contribution in [0.1, 0.15) is 5.56 Å². The largest absolute Gasteiger partial charge is 0.497 e. The number of aromatic nitrogens is 2. The summed E-state index contributed by atoms with van der Waals surface area (Å²) >= 11 is 1.28. The van der Waals surface area contributed by atoms with Gasteiger partial charge in [0.2, 0.25) is 11.9 Å². The molecular weight excluding hydrogens is 394 g/mol. The number of rotatable bonds is 5. The van der Waals surface area contributed by atoms with E-state index in [0.717, 1.165) is 22.4 Å². The van der Waals surface area contributed by atoms with Gasteiger partial charge in [-0.15, -0.1) is 10.2 Å². The quantitative estimate of drug-likeness (QED) is 0.499. The predicted molar refractivity (Wildman–Crippen MR) is 108 cm³/mol. The first-order valence-corrected chi connectivity index (χ1v) is 9.59. The van der Waals surface area contributed by atoms with Crippen molar-refractivity contribution in [3.8, 4) is 27.8 Å². The molecular formula is C20H15N3O5S. The minimum Gasteiger partial charge on any atom is -0.497 e. The molecule has 3 heterocycles. The van der Waals surface area contributed by atoms with E-state index in [4.69, 9.17) is 18.6 Å². The molecule has 9 heteroatoms. The van der Waals surface area contributed by atoms with Crippen LogP contribution in [-0.2, 0) is 6.54 Å². The van der Waals surface area contributed by atoms with Gasteiger partial charge in [-0.2, -0.15) is 0 Å². The standard InChI is InChI=1S/C20H15N3O5S/c1-25-13-3-5-15-12(7-13)8-14(19(24)28-15)18-22-23-20(29-18)21-9-11-2-4-16-17(6-11)27-10-26-16/h2-8H,9-10H2,1H3,(H,21,23). The number of hydrogen-bond acceptors (Lipinski definition) is 9. The SMILES string of the molecule is COc1ccc2oc(=O)c(-c3nnc(NCc4ccc5c(c4)OCO5)s3)cc2c1. The van der Waals surface area contributed by atoms with Crippen LogP contribution in [0.25, 0.3) is 21.5 Å². The molecule has 2 aromatic heterocycles. The second kappa shape index (κ2) is 7.10. The summed E-state index contributed by atoms with van der Waals surface area (Å²) in [5, 5.41) is 13.3. The minimum atomic E-state index is -0.457. The first-order chi connectivity index (χ1) is 14.2. The molecule has 0 aliphatic carbocycles.